The minimum atomic E-state index is -1.45. The van der Waals surface area contributed by atoms with E-state index in [4.69, 9.17) is 9.47 Å². The molecule has 0 saturated heterocycles. The summed E-state index contributed by atoms with van der Waals surface area (Å²) in [5.74, 6) is -1.02. The van der Waals surface area contributed by atoms with Crippen LogP contribution in [-0.4, -0.2) is 46.4 Å². The van der Waals surface area contributed by atoms with Crippen molar-refractivity contribution in [2.24, 2.45) is 0 Å². The third kappa shape index (κ3) is 5.10. The number of aliphatic hydroxyl groups excluding tert-OH is 1. The first-order chi connectivity index (χ1) is 11.6. The predicted octanol–water partition coefficient (Wildman–Crippen LogP) is 0.642. The van der Waals surface area contributed by atoms with Crippen molar-refractivity contribution in [3.05, 3.63) is 47.7 Å². The maximum Gasteiger partial charge on any atom is 0.337 e. The molecule has 0 aliphatic rings. The van der Waals surface area contributed by atoms with Crippen LogP contribution in [0.25, 0.3) is 0 Å². The van der Waals surface area contributed by atoms with Crippen LogP contribution in [0.5, 0.6) is 5.88 Å². The summed E-state index contributed by atoms with van der Waals surface area (Å²) in [5.41, 5.74) is 0.978. The van der Waals surface area contributed by atoms with Gasteiger partial charge in [-0.2, -0.15) is 0 Å². The number of esters is 1. The van der Waals surface area contributed by atoms with Gasteiger partial charge in [0.1, 0.15) is 12.3 Å². The van der Waals surface area contributed by atoms with Crippen molar-refractivity contribution in [2.75, 3.05) is 13.2 Å². The van der Waals surface area contributed by atoms with Crippen LogP contribution in [0.3, 0.4) is 0 Å². The molecule has 1 heterocycles. The zero-order chi connectivity index (χ0) is 17.4. The third-order valence-corrected chi connectivity index (χ3v) is 3.04. The molecule has 0 aliphatic carbocycles. The van der Waals surface area contributed by atoms with Crippen LogP contribution >= 0.6 is 0 Å². The first kappa shape index (κ1) is 17.5. The fourth-order valence-corrected chi connectivity index (χ4v) is 1.83. The van der Waals surface area contributed by atoms with Gasteiger partial charge in [0.05, 0.1) is 13.2 Å². The summed E-state index contributed by atoms with van der Waals surface area (Å²) in [6.07, 6.45) is -1.45. The lowest BCUT2D eigenvalue weighted by molar-refractivity contribution is -0.154. The number of nitrogens with zero attached hydrogens (tertiary/aromatic N) is 1. The van der Waals surface area contributed by atoms with Gasteiger partial charge >= 0.3 is 5.97 Å². The van der Waals surface area contributed by atoms with Gasteiger partial charge < -0.3 is 19.9 Å². The summed E-state index contributed by atoms with van der Waals surface area (Å²) >= 11 is 0. The minimum Gasteiger partial charge on any atom is -0.477 e. The normalized spacial score (nSPS) is 11.6. The number of benzene rings is 1. The smallest absolute Gasteiger partial charge is 0.337 e. The minimum absolute atomic E-state index is 0.0585. The molecule has 1 aromatic carbocycles. The highest BCUT2D eigenvalue weighted by atomic mass is 16.5. The van der Waals surface area contributed by atoms with Crippen molar-refractivity contribution in [2.45, 2.75) is 19.6 Å². The molecule has 0 spiro atoms. The van der Waals surface area contributed by atoms with Gasteiger partial charge in [-0.25, -0.2) is 4.79 Å². The van der Waals surface area contributed by atoms with Crippen molar-refractivity contribution in [3.63, 3.8) is 0 Å². The Morgan fingerprint density at radius 1 is 1.33 bits per heavy atom. The van der Waals surface area contributed by atoms with Crippen LogP contribution in [0.4, 0.5) is 0 Å². The number of H-pyrrole nitrogens is 1. The highest BCUT2D eigenvalue weighted by Gasteiger charge is 2.19. The number of ether oxygens (including phenoxy) is 2. The van der Waals surface area contributed by atoms with Gasteiger partial charge in [0.25, 0.3) is 5.91 Å². The van der Waals surface area contributed by atoms with Crippen molar-refractivity contribution < 1.29 is 24.2 Å². The number of amides is 1. The molecule has 0 bridgehead atoms. The molecule has 0 aliphatic heterocycles. The van der Waals surface area contributed by atoms with Gasteiger partial charge in [-0.05, 0) is 12.5 Å². The van der Waals surface area contributed by atoms with Crippen LogP contribution in [0.15, 0.2) is 36.4 Å². The average Bonchev–Trinajstić information content (AvgIpc) is 3.07. The average molecular weight is 333 g/mol. The first-order valence-electron chi connectivity index (χ1n) is 7.45. The second kappa shape index (κ2) is 8.68. The maximum atomic E-state index is 11.9. The van der Waals surface area contributed by atoms with Crippen LogP contribution in [0.2, 0.25) is 0 Å². The number of aromatic amines is 1. The van der Waals surface area contributed by atoms with Crippen LogP contribution in [0, 0.1) is 0 Å². The van der Waals surface area contributed by atoms with E-state index in [2.05, 4.69) is 15.5 Å². The largest absolute Gasteiger partial charge is 0.477 e. The van der Waals surface area contributed by atoms with E-state index in [1.807, 2.05) is 18.2 Å². The van der Waals surface area contributed by atoms with E-state index in [1.165, 1.54) is 6.07 Å². The molecule has 8 nitrogen and oxygen atoms in total. The predicted molar refractivity (Wildman–Crippen MR) is 84.3 cm³/mol. The molecule has 1 atom stereocenters. The summed E-state index contributed by atoms with van der Waals surface area (Å²) < 4.78 is 10.1. The van der Waals surface area contributed by atoms with Crippen molar-refractivity contribution in [3.8, 4) is 5.88 Å². The molecule has 2 aromatic rings. The fraction of sp³-hybridized carbons (Fsp3) is 0.312. The molecule has 0 fully saturated rings. The number of nitrogens with one attached hydrogen (secondary N) is 2. The lowest BCUT2D eigenvalue weighted by Gasteiger charge is -2.11. The molecular formula is C16H19N3O5. The van der Waals surface area contributed by atoms with Crippen LogP contribution in [0.1, 0.15) is 23.0 Å². The van der Waals surface area contributed by atoms with Gasteiger partial charge in [-0.3, -0.25) is 9.89 Å². The topological polar surface area (TPSA) is 114 Å². The third-order valence-electron chi connectivity index (χ3n) is 3.04. The van der Waals surface area contributed by atoms with E-state index in [9.17, 15) is 14.7 Å². The second-order valence-corrected chi connectivity index (χ2v) is 4.87. The Bertz CT molecular complexity index is 671. The van der Waals surface area contributed by atoms with Crippen molar-refractivity contribution in [1.29, 1.82) is 0 Å². The zero-order valence-corrected chi connectivity index (χ0v) is 13.2. The zero-order valence-electron chi connectivity index (χ0n) is 13.2. The summed E-state index contributed by atoms with van der Waals surface area (Å²) in [5, 5.41) is 18.5. The second-order valence-electron chi connectivity index (χ2n) is 4.87. The van der Waals surface area contributed by atoms with Crippen molar-refractivity contribution >= 4 is 11.9 Å². The highest BCUT2D eigenvalue weighted by molar-refractivity contribution is 5.92. The van der Waals surface area contributed by atoms with E-state index in [-0.39, 0.29) is 18.8 Å². The van der Waals surface area contributed by atoms with E-state index >= 15 is 0 Å². The molecule has 0 saturated carbocycles. The molecule has 1 amide bonds. The molecular weight excluding hydrogens is 314 g/mol. The molecule has 8 heteroatoms. The Labute approximate surface area is 138 Å². The molecule has 24 heavy (non-hydrogen) atoms. The van der Waals surface area contributed by atoms with E-state index in [1.54, 1.807) is 19.1 Å². The number of carbonyl (C=O) groups is 2. The number of hydrogen-bond acceptors (Lipinski definition) is 6. The lowest BCUT2D eigenvalue weighted by atomic mass is 10.2. The summed E-state index contributed by atoms with van der Waals surface area (Å²) in [6.45, 7) is 2.02. The Kier molecular flexibility index (Phi) is 6.32. The SMILES string of the molecule is CCOc1cc(C(=O)NCC(O)C(=O)OCc2ccccc2)[nH]n1. The number of rotatable bonds is 8. The molecule has 0 radical (unpaired) electrons. The van der Waals surface area contributed by atoms with Gasteiger partial charge in [0, 0.05) is 6.07 Å². The molecule has 1 unspecified atom stereocenters. The Morgan fingerprint density at radius 3 is 2.79 bits per heavy atom. The Balaban J connectivity index is 1.75. The molecule has 2 rings (SSSR count). The van der Waals surface area contributed by atoms with Gasteiger partial charge in [0.2, 0.25) is 5.88 Å². The molecule has 128 valence electrons. The number of hydrogen-bond donors (Lipinski definition) is 3. The van der Waals surface area contributed by atoms with Crippen molar-refractivity contribution in [1.82, 2.24) is 15.5 Å². The lowest BCUT2D eigenvalue weighted by Crippen LogP contribution is -2.37. The monoisotopic (exact) mass is 333 g/mol. The maximum absolute atomic E-state index is 11.9. The first-order valence-corrected chi connectivity index (χ1v) is 7.45. The Hall–Kier alpha value is -2.87. The summed E-state index contributed by atoms with van der Waals surface area (Å²) in [4.78, 5) is 23.6. The number of aliphatic hydroxyl groups is 1. The molecule has 3 N–H and O–H groups in total. The van der Waals surface area contributed by atoms with Gasteiger partial charge in [0.15, 0.2) is 6.10 Å². The van der Waals surface area contributed by atoms with Gasteiger partial charge in [-0.1, -0.05) is 30.3 Å². The quantitative estimate of drug-likeness (QED) is 0.611. The van der Waals surface area contributed by atoms with E-state index < -0.39 is 18.0 Å². The van der Waals surface area contributed by atoms with Crippen LogP contribution in [-0.2, 0) is 16.1 Å². The van der Waals surface area contributed by atoms with E-state index in [0.717, 1.165) is 5.56 Å². The Morgan fingerprint density at radius 2 is 2.08 bits per heavy atom. The number of aromatic nitrogens is 2. The van der Waals surface area contributed by atoms with Gasteiger partial charge in [-0.15, -0.1) is 5.10 Å². The van der Waals surface area contributed by atoms with E-state index in [0.29, 0.717) is 12.5 Å². The molecule has 1 aromatic heterocycles. The van der Waals surface area contributed by atoms with Crippen LogP contribution < -0.4 is 10.1 Å². The number of carbonyl (C=O) groups excluding carboxylic acids is 2. The summed E-state index contributed by atoms with van der Waals surface area (Å²) in [7, 11) is 0. The standard InChI is InChI=1S/C16H19N3O5/c1-2-23-14-8-12(18-19-14)15(21)17-9-13(20)16(22)24-10-11-6-4-3-5-7-11/h3-8,13,20H,2,9-10H2,1H3,(H,17,21)(H,18,19). The fourth-order valence-electron chi connectivity index (χ4n) is 1.83. The highest BCUT2D eigenvalue weighted by Crippen LogP contribution is 2.07. The summed E-state index contributed by atoms with van der Waals surface area (Å²) in [6, 6.07) is 10.5.